The first-order chi connectivity index (χ1) is 7.79. The summed E-state index contributed by atoms with van der Waals surface area (Å²) in [5.74, 6) is 0. The summed E-state index contributed by atoms with van der Waals surface area (Å²) in [7, 11) is 0. The van der Waals surface area contributed by atoms with Gasteiger partial charge in [-0.15, -0.1) is 0 Å². The van der Waals surface area contributed by atoms with E-state index in [0.717, 1.165) is 23.4 Å². The maximum atomic E-state index is 5.52. The molecular formula is C12H12BrN3. The third-order valence-electron chi connectivity index (χ3n) is 2.22. The predicted molar refractivity (Wildman–Crippen MR) is 67.9 cm³/mol. The molecule has 1 aromatic heterocycles. The lowest BCUT2D eigenvalue weighted by molar-refractivity contribution is 0.900. The van der Waals surface area contributed by atoms with Crippen molar-refractivity contribution in [3.63, 3.8) is 0 Å². The van der Waals surface area contributed by atoms with E-state index in [4.69, 9.17) is 5.73 Å². The molecule has 0 radical (unpaired) electrons. The van der Waals surface area contributed by atoms with Gasteiger partial charge in [0, 0.05) is 17.7 Å². The quantitative estimate of drug-likeness (QED) is 0.877. The molecule has 0 unspecified atom stereocenters. The van der Waals surface area contributed by atoms with Gasteiger partial charge in [0.05, 0.1) is 5.69 Å². The van der Waals surface area contributed by atoms with Crippen molar-refractivity contribution in [2.24, 2.45) is 5.73 Å². The number of benzene rings is 1. The van der Waals surface area contributed by atoms with Crippen LogP contribution < -0.4 is 5.73 Å². The lowest BCUT2D eigenvalue weighted by Crippen LogP contribution is -2.05. The van der Waals surface area contributed by atoms with Gasteiger partial charge in [-0.25, -0.2) is 9.97 Å². The van der Waals surface area contributed by atoms with Gasteiger partial charge in [-0.3, -0.25) is 0 Å². The molecule has 0 aliphatic rings. The van der Waals surface area contributed by atoms with Crippen LogP contribution in [0.5, 0.6) is 0 Å². The number of nitrogens with zero attached hydrogens (tertiary/aromatic N) is 2. The number of rotatable bonds is 3. The van der Waals surface area contributed by atoms with Crippen LogP contribution in [0, 0.1) is 0 Å². The predicted octanol–water partition coefficient (Wildman–Crippen LogP) is 2.41. The number of hydrogen-bond acceptors (Lipinski definition) is 3. The van der Waals surface area contributed by atoms with Crippen molar-refractivity contribution in [3.8, 4) is 11.3 Å². The van der Waals surface area contributed by atoms with Crippen molar-refractivity contribution in [2.75, 3.05) is 6.54 Å². The molecule has 0 saturated carbocycles. The minimum absolute atomic E-state index is 0.595. The minimum Gasteiger partial charge on any atom is -0.330 e. The smallest absolute Gasteiger partial charge is 0.197 e. The Labute approximate surface area is 103 Å². The second-order valence-electron chi connectivity index (χ2n) is 3.42. The number of nitrogens with two attached hydrogens (primary N) is 1. The van der Waals surface area contributed by atoms with Crippen LogP contribution in [0.15, 0.2) is 41.1 Å². The second kappa shape index (κ2) is 5.18. The summed E-state index contributed by atoms with van der Waals surface area (Å²) in [6.45, 7) is 0.595. The minimum atomic E-state index is 0.595. The third-order valence-corrected chi connectivity index (χ3v) is 2.58. The monoisotopic (exact) mass is 277 g/mol. The van der Waals surface area contributed by atoms with Crippen LogP contribution >= 0.6 is 15.9 Å². The molecule has 16 heavy (non-hydrogen) atoms. The SMILES string of the molecule is NCCc1cc(-c2ccccc2)nc(Br)n1. The Bertz CT molecular complexity index is 471. The molecular weight excluding hydrogens is 266 g/mol. The molecule has 0 aliphatic heterocycles. The van der Waals surface area contributed by atoms with Gasteiger partial charge in [0.15, 0.2) is 4.73 Å². The number of hydrogen-bond donors (Lipinski definition) is 1. The Morgan fingerprint density at radius 2 is 1.88 bits per heavy atom. The normalized spacial score (nSPS) is 10.4. The van der Waals surface area contributed by atoms with E-state index in [9.17, 15) is 0 Å². The van der Waals surface area contributed by atoms with E-state index in [-0.39, 0.29) is 0 Å². The maximum Gasteiger partial charge on any atom is 0.197 e. The molecule has 4 heteroatoms. The van der Waals surface area contributed by atoms with Crippen LogP contribution in [-0.2, 0) is 6.42 Å². The molecule has 0 bridgehead atoms. The van der Waals surface area contributed by atoms with Gasteiger partial charge < -0.3 is 5.73 Å². The highest BCUT2D eigenvalue weighted by Gasteiger charge is 2.04. The fourth-order valence-electron chi connectivity index (χ4n) is 1.50. The molecule has 0 amide bonds. The van der Waals surface area contributed by atoms with E-state index in [1.165, 1.54) is 0 Å². The van der Waals surface area contributed by atoms with Gasteiger partial charge >= 0.3 is 0 Å². The standard InChI is InChI=1S/C12H12BrN3/c13-12-15-10(6-7-14)8-11(16-12)9-4-2-1-3-5-9/h1-5,8H,6-7,14H2. The molecule has 0 atom stereocenters. The molecule has 0 saturated heterocycles. The molecule has 0 aliphatic carbocycles. The summed E-state index contributed by atoms with van der Waals surface area (Å²) < 4.78 is 0.609. The van der Waals surface area contributed by atoms with Crippen molar-refractivity contribution in [3.05, 3.63) is 46.8 Å². The first-order valence-electron chi connectivity index (χ1n) is 5.08. The fraction of sp³-hybridized carbons (Fsp3) is 0.167. The van der Waals surface area contributed by atoms with E-state index in [1.54, 1.807) is 0 Å². The van der Waals surface area contributed by atoms with Crippen LogP contribution in [0.1, 0.15) is 5.69 Å². The van der Waals surface area contributed by atoms with E-state index < -0.39 is 0 Å². The molecule has 0 spiro atoms. The highest BCUT2D eigenvalue weighted by Crippen LogP contribution is 2.19. The van der Waals surface area contributed by atoms with Gasteiger partial charge in [-0.05, 0) is 28.5 Å². The second-order valence-corrected chi connectivity index (χ2v) is 4.13. The zero-order valence-corrected chi connectivity index (χ0v) is 10.3. The molecule has 1 aromatic carbocycles. The molecule has 3 nitrogen and oxygen atoms in total. The summed E-state index contributed by atoms with van der Waals surface area (Å²) in [4.78, 5) is 8.63. The molecule has 1 heterocycles. The molecule has 2 rings (SSSR count). The van der Waals surface area contributed by atoms with E-state index in [2.05, 4.69) is 25.9 Å². The summed E-state index contributed by atoms with van der Waals surface area (Å²) in [6, 6.07) is 12.0. The lowest BCUT2D eigenvalue weighted by Gasteiger charge is -2.04. The van der Waals surface area contributed by atoms with Crippen molar-refractivity contribution >= 4 is 15.9 Å². The highest BCUT2D eigenvalue weighted by atomic mass is 79.9. The van der Waals surface area contributed by atoms with Crippen LogP contribution in [0.3, 0.4) is 0 Å². The molecule has 0 fully saturated rings. The fourth-order valence-corrected chi connectivity index (χ4v) is 1.92. The zero-order chi connectivity index (χ0) is 11.4. The van der Waals surface area contributed by atoms with Crippen LogP contribution in [0.25, 0.3) is 11.3 Å². The Hall–Kier alpha value is -1.26. The summed E-state index contributed by atoms with van der Waals surface area (Å²) >= 11 is 3.32. The maximum absolute atomic E-state index is 5.52. The van der Waals surface area contributed by atoms with Crippen LogP contribution in [0.4, 0.5) is 0 Å². The lowest BCUT2D eigenvalue weighted by atomic mass is 10.1. The molecule has 2 aromatic rings. The summed E-state index contributed by atoms with van der Waals surface area (Å²) in [6.07, 6.45) is 0.765. The van der Waals surface area contributed by atoms with Gasteiger partial charge in [-0.2, -0.15) is 0 Å². The Kier molecular flexibility index (Phi) is 3.64. The Morgan fingerprint density at radius 3 is 2.56 bits per heavy atom. The summed E-state index contributed by atoms with van der Waals surface area (Å²) in [5.41, 5.74) is 8.49. The van der Waals surface area contributed by atoms with Crippen LogP contribution in [-0.4, -0.2) is 16.5 Å². The van der Waals surface area contributed by atoms with E-state index in [0.29, 0.717) is 11.3 Å². The first kappa shape index (κ1) is 11.2. The molecule has 2 N–H and O–H groups in total. The van der Waals surface area contributed by atoms with Gasteiger partial charge in [-0.1, -0.05) is 30.3 Å². The van der Waals surface area contributed by atoms with Crippen LogP contribution in [0.2, 0.25) is 0 Å². The van der Waals surface area contributed by atoms with Gasteiger partial charge in [0.1, 0.15) is 0 Å². The van der Waals surface area contributed by atoms with Crippen molar-refractivity contribution in [1.29, 1.82) is 0 Å². The Morgan fingerprint density at radius 1 is 1.12 bits per heavy atom. The summed E-state index contributed by atoms with van der Waals surface area (Å²) in [5, 5.41) is 0. The molecule has 82 valence electrons. The topological polar surface area (TPSA) is 51.8 Å². The van der Waals surface area contributed by atoms with E-state index >= 15 is 0 Å². The third kappa shape index (κ3) is 2.65. The highest BCUT2D eigenvalue weighted by molar-refractivity contribution is 9.10. The van der Waals surface area contributed by atoms with Gasteiger partial charge in [0.25, 0.3) is 0 Å². The van der Waals surface area contributed by atoms with Crippen molar-refractivity contribution in [2.45, 2.75) is 6.42 Å². The average Bonchev–Trinajstić information content (AvgIpc) is 2.30. The van der Waals surface area contributed by atoms with Crippen molar-refractivity contribution in [1.82, 2.24) is 9.97 Å². The first-order valence-corrected chi connectivity index (χ1v) is 5.88. The van der Waals surface area contributed by atoms with Gasteiger partial charge in [0.2, 0.25) is 0 Å². The Balaban J connectivity index is 2.41. The van der Waals surface area contributed by atoms with E-state index in [1.807, 2.05) is 36.4 Å². The number of aromatic nitrogens is 2. The number of halogens is 1. The van der Waals surface area contributed by atoms with Crippen molar-refractivity contribution < 1.29 is 0 Å². The zero-order valence-electron chi connectivity index (χ0n) is 8.73. The largest absolute Gasteiger partial charge is 0.330 e. The average molecular weight is 278 g/mol.